The van der Waals surface area contributed by atoms with Crippen LogP contribution in [0.1, 0.15) is 25.7 Å². The Labute approximate surface area is 191 Å². The van der Waals surface area contributed by atoms with E-state index in [9.17, 15) is 0 Å². The number of nitrogens with two attached hydrogens (primary N) is 1. The number of ether oxygens (including phenoxy) is 1. The van der Waals surface area contributed by atoms with Gasteiger partial charge in [0, 0.05) is 23.7 Å². The zero-order valence-corrected chi connectivity index (χ0v) is 19.0. The van der Waals surface area contributed by atoms with E-state index >= 15 is 0 Å². The summed E-state index contributed by atoms with van der Waals surface area (Å²) in [6.07, 6.45) is 6.48. The highest BCUT2D eigenvalue weighted by atomic mass is 35.5. The lowest BCUT2D eigenvalue weighted by Crippen LogP contribution is -2.21. The van der Waals surface area contributed by atoms with Gasteiger partial charge < -0.3 is 20.7 Å². The molecule has 0 atom stereocenters. The molecule has 0 saturated carbocycles. The van der Waals surface area contributed by atoms with Crippen molar-refractivity contribution in [1.82, 2.24) is 19.9 Å². The molecular formula is C22H26Cl2N6O. The van der Waals surface area contributed by atoms with Gasteiger partial charge >= 0.3 is 0 Å². The van der Waals surface area contributed by atoms with Crippen LogP contribution >= 0.6 is 23.2 Å². The maximum absolute atomic E-state index is 6.56. The summed E-state index contributed by atoms with van der Waals surface area (Å²) in [7, 11) is 1.57. The predicted octanol–water partition coefficient (Wildman–Crippen LogP) is 4.88. The molecule has 3 heterocycles. The number of rotatable bonds is 8. The molecule has 2 aromatic heterocycles. The van der Waals surface area contributed by atoms with Crippen LogP contribution in [0.5, 0.6) is 5.75 Å². The minimum atomic E-state index is 0.205. The number of nitrogen functional groups attached to an aromatic ring is 1. The van der Waals surface area contributed by atoms with Crippen molar-refractivity contribution in [2.45, 2.75) is 25.7 Å². The van der Waals surface area contributed by atoms with Gasteiger partial charge in [0.05, 0.1) is 22.8 Å². The van der Waals surface area contributed by atoms with E-state index in [0.29, 0.717) is 38.4 Å². The quantitative estimate of drug-likeness (QED) is 0.463. The number of fused-ring (bicyclic) bond motifs is 1. The summed E-state index contributed by atoms with van der Waals surface area (Å²) in [4.78, 5) is 15.8. The fraction of sp³-hybridized carbons (Fsp3) is 0.409. The highest BCUT2D eigenvalue weighted by Crippen LogP contribution is 2.41. The second-order valence-corrected chi connectivity index (χ2v) is 8.43. The zero-order valence-electron chi connectivity index (χ0n) is 17.5. The minimum Gasteiger partial charge on any atom is -0.495 e. The monoisotopic (exact) mass is 460 g/mol. The largest absolute Gasteiger partial charge is 0.495 e. The molecule has 164 valence electrons. The predicted molar refractivity (Wildman–Crippen MR) is 127 cm³/mol. The van der Waals surface area contributed by atoms with Gasteiger partial charge in [-0.1, -0.05) is 23.2 Å². The maximum atomic E-state index is 6.56. The molecule has 0 radical (unpaired) electrons. The molecule has 0 unspecified atom stereocenters. The van der Waals surface area contributed by atoms with Gasteiger partial charge in [0.1, 0.15) is 11.3 Å². The summed E-state index contributed by atoms with van der Waals surface area (Å²) in [6, 6.07) is 5.34. The van der Waals surface area contributed by atoms with Crippen LogP contribution in [0.4, 0.5) is 11.8 Å². The van der Waals surface area contributed by atoms with Gasteiger partial charge in [-0.05, 0) is 63.5 Å². The van der Waals surface area contributed by atoms with Gasteiger partial charge in [-0.2, -0.15) is 0 Å². The van der Waals surface area contributed by atoms with Crippen molar-refractivity contribution in [1.29, 1.82) is 0 Å². The van der Waals surface area contributed by atoms with Crippen molar-refractivity contribution in [3.05, 3.63) is 34.4 Å². The lowest BCUT2D eigenvalue weighted by molar-refractivity contribution is 0.331. The van der Waals surface area contributed by atoms with E-state index in [4.69, 9.17) is 38.7 Å². The Balaban J connectivity index is 1.60. The van der Waals surface area contributed by atoms with Crippen LogP contribution < -0.4 is 15.8 Å². The third-order valence-electron chi connectivity index (χ3n) is 5.51. The molecule has 9 heteroatoms. The van der Waals surface area contributed by atoms with Crippen LogP contribution in [-0.2, 0) is 0 Å². The molecule has 0 spiro atoms. The molecule has 0 amide bonds. The second kappa shape index (κ2) is 9.85. The lowest BCUT2D eigenvalue weighted by Gasteiger charge is -2.15. The highest BCUT2D eigenvalue weighted by molar-refractivity contribution is 6.40. The average Bonchev–Trinajstić information content (AvgIpc) is 3.27. The van der Waals surface area contributed by atoms with Crippen molar-refractivity contribution >= 4 is 45.9 Å². The number of hydrogen-bond acceptors (Lipinski definition) is 7. The number of pyridine rings is 1. The average molecular weight is 461 g/mol. The summed E-state index contributed by atoms with van der Waals surface area (Å²) < 4.78 is 5.35. The maximum Gasteiger partial charge on any atom is 0.220 e. The van der Waals surface area contributed by atoms with Gasteiger partial charge in [0.2, 0.25) is 5.95 Å². The fourth-order valence-electron chi connectivity index (χ4n) is 3.90. The number of halogens is 2. The van der Waals surface area contributed by atoms with Gasteiger partial charge in [0.25, 0.3) is 0 Å². The standard InChI is InChI=1S/C22H26Cl2N6O/c1-31-17-7-6-15(23)18(19(17)24)16-12-14-13-27-22(25)29-20(14)21(28-16)26-8-2-3-9-30-10-4-5-11-30/h6-7,12-13H,2-5,8-11H2,1H3,(H,26,28)(H2,25,27,29). The first-order valence-electron chi connectivity index (χ1n) is 10.5. The van der Waals surface area contributed by atoms with E-state index in [1.54, 1.807) is 25.4 Å². The van der Waals surface area contributed by atoms with Crippen LogP contribution in [0.2, 0.25) is 10.0 Å². The molecule has 1 saturated heterocycles. The van der Waals surface area contributed by atoms with E-state index < -0.39 is 0 Å². The van der Waals surface area contributed by atoms with Crippen molar-refractivity contribution in [2.75, 3.05) is 44.3 Å². The SMILES string of the molecule is COc1ccc(Cl)c(-c2cc3cnc(N)nc3c(NCCCCN3CCCC3)n2)c1Cl. The summed E-state index contributed by atoms with van der Waals surface area (Å²) in [5.74, 6) is 1.38. The smallest absolute Gasteiger partial charge is 0.220 e. The van der Waals surface area contributed by atoms with E-state index in [1.165, 1.54) is 25.9 Å². The molecule has 0 aliphatic carbocycles. The first-order valence-corrected chi connectivity index (χ1v) is 11.2. The Kier molecular flexibility index (Phi) is 6.95. The van der Waals surface area contributed by atoms with E-state index in [1.807, 2.05) is 6.07 Å². The Hall–Kier alpha value is -2.35. The molecular weight excluding hydrogens is 435 g/mol. The summed E-state index contributed by atoms with van der Waals surface area (Å²) in [5.41, 5.74) is 7.73. The summed E-state index contributed by atoms with van der Waals surface area (Å²) >= 11 is 13.0. The van der Waals surface area contributed by atoms with E-state index in [2.05, 4.69) is 20.2 Å². The van der Waals surface area contributed by atoms with Crippen molar-refractivity contribution in [3.8, 4) is 17.0 Å². The van der Waals surface area contributed by atoms with Crippen molar-refractivity contribution in [3.63, 3.8) is 0 Å². The number of anilines is 2. The first kappa shape index (κ1) is 21.9. The third kappa shape index (κ3) is 4.95. The molecule has 4 rings (SSSR count). The Morgan fingerprint density at radius 2 is 1.97 bits per heavy atom. The third-order valence-corrected chi connectivity index (χ3v) is 6.20. The Morgan fingerprint density at radius 1 is 1.16 bits per heavy atom. The molecule has 1 aliphatic heterocycles. The minimum absolute atomic E-state index is 0.205. The summed E-state index contributed by atoms with van der Waals surface area (Å²) in [5, 5.41) is 5.13. The second-order valence-electron chi connectivity index (χ2n) is 7.64. The first-order chi connectivity index (χ1) is 15.1. The molecule has 1 aromatic carbocycles. The Morgan fingerprint density at radius 3 is 2.74 bits per heavy atom. The normalized spacial score (nSPS) is 14.3. The number of benzene rings is 1. The lowest BCUT2D eigenvalue weighted by atomic mass is 10.1. The molecule has 0 bridgehead atoms. The topological polar surface area (TPSA) is 89.2 Å². The number of methoxy groups -OCH3 is 1. The fourth-order valence-corrected chi connectivity index (χ4v) is 4.55. The van der Waals surface area contributed by atoms with Gasteiger partial charge in [-0.25, -0.2) is 15.0 Å². The van der Waals surface area contributed by atoms with Crippen molar-refractivity contribution < 1.29 is 4.74 Å². The van der Waals surface area contributed by atoms with Crippen LogP contribution in [0.3, 0.4) is 0 Å². The zero-order chi connectivity index (χ0) is 21.8. The highest BCUT2D eigenvalue weighted by Gasteiger charge is 2.18. The number of nitrogens with zero attached hydrogens (tertiary/aromatic N) is 4. The van der Waals surface area contributed by atoms with Gasteiger partial charge in [-0.3, -0.25) is 0 Å². The number of likely N-dealkylation sites (tertiary alicyclic amines) is 1. The molecule has 7 nitrogen and oxygen atoms in total. The van der Waals surface area contributed by atoms with Crippen LogP contribution in [0.15, 0.2) is 24.4 Å². The molecule has 1 aliphatic rings. The molecule has 1 fully saturated rings. The van der Waals surface area contributed by atoms with Crippen molar-refractivity contribution in [2.24, 2.45) is 0 Å². The number of aromatic nitrogens is 3. The van der Waals surface area contributed by atoms with Crippen LogP contribution in [0.25, 0.3) is 22.2 Å². The van der Waals surface area contributed by atoms with E-state index in [-0.39, 0.29) is 5.95 Å². The van der Waals surface area contributed by atoms with Crippen LogP contribution in [-0.4, -0.2) is 53.1 Å². The van der Waals surface area contributed by atoms with E-state index in [0.717, 1.165) is 31.3 Å². The molecule has 3 N–H and O–H groups in total. The Bertz CT molecular complexity index is 1070. The van der Waals surface area contributed by atoms with Gasteiger partial charge in [0.15, 0.2) is 5.82 Å². The number of unbranched alkanes of at least 4 members (excludes halogenated alkanes) is 1. The molecule has 3 aromatic rings. The summed E-state index contributed by atoms with van der Waals surface area (Å²) in [6.45, 7) is 4.36. The molecule has 31 heavy (non-hydrogen) atoms. The van der Waals surface area contributed by atoms with Crippen LogP contribution in [0, 0.1) is 0 Å². The number of hydrogen-bond donors (Lipinski definition) is 2. The van der Waals surface area contributed by atoms with Gasteiger partial charge in [-0.15, -0.1) is 0 Å². The number of nitrogens with one attached hydrogen (secondary N) is 1.